The Bertz CT molecular complexity index is 243. The first-order valence-electron chi connectivity index (χ1n) is 9.72. The molecule has 0 fully saturated rings. The highest BCUT2D eigenvalue weighted by Crippen LogP contribution is 2.60. The van der Waals surface area contributed by atoms with Crippen LogP contribution in [-0.4, -0.2) is 57.0 Å². The molecule has 0 aliphatic rings. The van der Waals surface area contributed by atoms with Crippen molar-refractivity contribution in [3.05, 3.63) is 0 Å². The molecule has 0 radical (unpaired) electrons. The largest absolute Gasteiger partial charge is 0.550 e. The van der Waals surface area contributed by atoms with Gasteiger partial charge in [-0.2, -0.15) is 0 Å². The number of carbonyl (C=O) groups is 1. The zero-order chi connectivity index (χ0) is 18.7. The molecule has 0 N–H and O–H groups in total. The predicted octanol–water partition coefficient (Wildman–Crippen LogP) is 3.82. The highest BCUT2D eigenvalue weighted by atomic mass is 31.2. The van der Waals surface area contributed by atoms with Gasteiger partial charge in [-0.05, 0) is 32.6 Å². The predicted molar refractivity (Wildman–Crippen MR) is 104 cm³/mol. The van der Waals surface area contributed by atoms with Gasteiger partial charge in [-0.1, -0.05) is 27.7 Å². The minimum Gasteiger partial charge on any atom is -0.550 e. The van der Waals surface area contributed by atoms with Crippen molar-refractivity contribution in [2.24, 2.45) is 0 Å². The fourth-order valence-corrected chi connectivity index (χ4v) is 8.22. The third-order valence-electron chi connectivity index (χ3n) is 3.82. The van der Waals surface area contributed by atoms with Crippen LogP contribution < -0.4 is 5.11 Å². The maximum Gasteiger partial charge on any atom is 0.0700 e. The van der Waals surface area contributed by atoms with Crippen LogP contribution in [0, 0.1) is 0 Å². The number of hydrogen-bond donors (Lipinski definition) is 0. The van der Waals surface area contributed by atoms with Gasteiger partial charge in [0.25, 0.3) is 0 Å². The van der Waals surface area contributed by atoms with Gasteiger partial charge in [0.1, 0.15) is 0 Å². The van der Waals surface area contributed by atoms with Crippen LogP contribution in [0.3, 0.4) is 0 Å². The van der Waals surface area contributed by atoms with E-state index >= 15 is 0 Å². The van der Waals surface area contributed by atoms with Crippen molar-refractivity contribution in [1.29, 1.82) is 0 Å². The molecule has 0 aliphatic heterocycles. The number of rotatable bonds is 15. The van der Waals surface area contributed by atoms with Gasteiger partial charge in [0, 0.05) is 26.3 Å². The summed E-state index contributed by atoms with van der Waals surface area (Å²) in [5, 5.41) is 9.87. The molecule has 0 aromatic carbocycles. The topological polar surface area (TPSA) is 58.6 Å². The van der Waals surface area contributed by atoms with Crippen molar-refractivity contribution in [2.75, 3.05) is 51.1 Å². The van der Waals surface area contributed by atoms with Crippen LogP contribution in [0.5, 0.6) is 0 Å². The van der Waals surface area contributed by atoms with Crippen LogP contribution in [0.4, 0.5) is 0 Å². The van der Waals surface area contributed by atoms with Crippen LogP contribution >= 0.6 is 7.26 Å². The Labute approximate surface area is 151 Å². The molecule has 0 unspecified atom stereocenters. The average Bonchev–Trinajstić information content (AvgIpc) is 2.52. The Morgan fingerprint density at radius 2 is 1.17 bits per heavy atom. The molecule has 0 aromatic rings. The number of aliphatic carboxylic acids is 1. The van der Waals surface area contributed by atoms with E-state index in [1.54, 1.807) is 24.6 Å². The number of carboxylic acid groups (broad SMARTS) is 1. The standard InChI is InChI=1S/C12H28P.C7H14O4/c1-5-9-13(10-6-2,11-7-3)12-8-4;1-2-10-5-6-11-4-3-7(8)9/h5-12H2,1-4H3;2-6H2,1H3,(H,8,9)/q+1;/p-1. The van der Waals surface area contributed by atoms with E-state index < -0.39 is 13.2 Å². The minimum absolute atomic E-state index is 0.0495. The smallest absolute Gasteiger partial charge is 0.0700 e. The molecule has 0 amide bonds. The van der Waals surface area contributed by atoms with Crippen LogP contribution in [0.1, 0.15) is 66.7 Å². The number of hydrogen-bond acceptors (Lipinski definition) is 4. The summed E-state index contributed by atoms with van der Waals surface area (Å²) < 4.78 is 9.85. The number of carbonyl (C=O) groups excluding carboxylic acids is 1. The van der Waals surface area contributed by atoms with Crippen LogP contribution in [0.15, 0.2) is 0 Å². The second-order valence-electron chi connectivity index (χ2n) is 6.17. The lowest BCUT2D eigenvalue weighted by molar-refractivity contribution is -0.306. The average molecular weight is 365 g/mol. The lowest BCUT2D eigenvalue weighted by Gasteiger charge is -2.26. The van der Waals surface area contributed by atoms with E-state index in [9.17, 15) is 9.90 Å². The molecule has 4 nitrogen and oxygen atoms in total. The van der Waals surface area contributed by atoms with Gasteiger partial charge in [-0.15, -0.1) is 0 Å². The summed E-state index contributed by atoms with van der Waals surface area (Å²) in [7, 11) is -0.496. The van der Waals surface area contributed by atoms with Gasteiger partial charge in [0.2, 0.25) is 0 Å². The van der Waals surface area contributed by atoms with E-state index in [1.165, 1.54) is 25.7 Å². The van der Waals surface area contributed by atoms with Gasteiger partial charge in [0.05, 0.1) is 44.5 Å². The molecule has 0 spiro atoms. The van der Waals surface area contributed by atoms with Gasteiger partial charge in [-0.25, -0.2) is 0 Å². The Morgan fingerprint density at radius 1 is 0.750 bits per heavy atom. The summed E-state index contributed by atoms with van der Waals surface area (Å²) in [4.78, 5) is 9.87. The molecule has 146 valence electrons. The fraction of sp³-hybridized carbons (Fsp3) is 0.947. The van der Waals surface area contributed by atoms with Gasteiger partial charge >= 0.3 is 0 Å². The first-order chi connectivity index (χ1) is 11.5. The summed E-state index contributed by atoms with van der Waals surface area (Å²) in [6.07, 6.45) is 11.8. The molecule has 0 rings (SSSR count). The molecule has 0 saturated heterocycles. The van der Waals surface area contributed by atoms with E-state index in [2.05, 4.69) is 27.7 Å². The first kappa shape index (κ1) is 26.1. The maximum atomic E-state index is 9.87. The normalized spacial score (nSPS) is 11.0. The van der Waals surface area contributed by atoms with Crippen molar-refractivity contribution >= 4 is 13.2 Å². The van der Waals surface area contributed by atoms with Crippen molar-refractivity contribution in [3.8, 4) is 0 Å². The Kier molecular flexibility index (Phi) is 20.8. The quantitative estimate of drug-likeness (QED) is 0.327. The third-order valence-corrected chi connectivity index (χ3v) is 9.40. The highest BCUT2D eigenvalue weighted by molar-refractivity contribution is 7.75. The SMILES string of the molecule is CCC[P+](CCC)(CCC)CCC.CCOCCOCCC(=O)[O-]. The van der Waals surface area contributed by atoms with E-state index in [1.807, 2.05) is 6.92 Å². The summed E-state index contributed by atoms with van der Waals surface area (Å²) in [6, 6.07) is 0. The van der Waals surface area contributed by atoms with E-state index in [-0.39, 0.29) is 13.0 Å². The van der Waals surface area contributed by atoms with Crippen molar-refractivity contribution < 1.29 is 19.4 Å². The fourth-order valence-electron chi connectivity index (χ4n) is 3.09. The molecule has 0 atom stereocenters. The lowest BCUT2D eigenvalue weighted by atomic mass is 10.5. The second kappa shape index (κ2) is 19.1. The summed E-state index contributed by atoms with van der Waals surface area (Å²) in [5.41, 5.74) is 0. The molecular formula is C19H41O4P. The molecule has 0 heterocycles. The van der Waals surface area contributed by atoms with Crippen molar-refractivity contribution in [3.63, 3.8) is 0 Å². The van der Waals surface area contributed by atoms with Crippen molar-refractivity contribution in [2.45, 2.75) is 66.7 Å². The molecule has 24 heavy (non-hydrogen) atoms. The molecule has 0 bridgehead atoms. The molecule has 5 heteroatoms. The van der Waals surface area contributed by atoms with Crippen LogP contribution in [0.25, 0.3) is 0 Å². The van der Waals surface area contributed by atoms with Crippen LogP contribution in [-0.2, 0) is 14.3 Å². The second-order valence-corrected chi connectivity index (χ2v) is 10.6. The molecule has 0 aliphatic carbocycles. The van der Waals surface area contributed by atoms with Gasteiger partial charge in [0.15, 0.2) is 0 Å². The number of carboxylic acids is 1. The molecule has 0 saturated carbocycles. The maximum absolute atomic E-state index is 9.87. The Balaban J connectivity index is 0. The minimum atomic E-state index is -1.08. The molecular weight excluding hydrogens is 323 g/mol. The summed E-state index contributed by atoms with van der Waals surface area (Å²) in [6.45, 7) is 13.1. The number of ether oxygens (including phenoxy) is 2. The Morgan fingerprint density at radius 3 is 1.50 bits per heavy atom. The van der Waals surface area contributed by atoms with Gasteiger partial charge in [-0.3, -0.25) is 0 Å². The first-order valence-corrected chi connectivity index (χ1v) is 12.2. The zero-order valence-corrected chi connectivity index (χ0v) is 17.7. The lowest BCUT2D eigenvalue weighted by Crippen LogP contribution is -2.23. The summed E-state index contributed by atoms with van der Waals surface area (Å²) >= 11 is 0. The molecule has 0 aromatic heterocycles. The van der Waals surface area contributed by atoms with Gasteiger partial charge < -0.3 is 19.4 Å². The monoisotopic (exact) mass is 364 g/mol. The van der Waals surface area contributed by atoms with Crippen molar-refractivity contribution in [1.82, 2.24) is 0 Å². The summed E-state index contributed by atoms with van der Waals surface area (Å²) in [5.74, 6) is -1.08. The van der Waals surface area contributed by atoms with E-state index in [4.69, 9.17) is 9.47 Å². The van der Waals surface area contributed by atoms with E-state index in [0.717, 1.165) is 0 Å². The van der Waals surface area contributed by atoms with Crippen LogP contribution in [0.2, 0.25) is 0 Å². The Hall–Kier alpha value is -0.180. The zero-order valence-electron chi connectivity index (χ0n) is 16.8. The highest BCUT2D eigenvalue weighted by Gasteiger charge is 2.32. The third kappa shape index (κ3) is 16.7. The van der Waals surface area contributed by atoms with E-state index in [0.29, 0.717) is 19.8 Å².